The van der Waals surface area contributed by atoms with E-state index in [9.17, 15) is 9.59 Å². The van der Waals surface area contributed by atoms with Gasteiger partial charge in [-0.1, -0.05) is 42.1 Å². The molecule has 31 heavy (non-hydrogen) atoms. The van der Waals surface area contributed by atoms with Gasteiger partial charge in [0, 0.05) is 21.7 Å². The smallest absolute Gasteiger partial charge is 0.342 e. The molecular formula is C23H21N3O4S. The number of carbonyl (C=O) groups excluding carboxylic acids is 2. The summed E-state index contributed by atoms with van der Waals surface area (Å²) in [7, 11) is 2.83. The van der Waals surface area contributed by atoms with E-state index in [-0.39, 0.29) is 11.3 Å². The van der Waals surface area contributed by atoms with Crippen molar-refractivity contribution in [2.24, 2.45) is 5.10 Å². The van der Waals surface area contributed by atoms with Crippen LogP contribution in [0.5, 0.6) is 0 Å². The van der Waals surface area contributed by atoms with Crippen LogP contribution in [-0.4, -0.2) is 42.8 Å². The van der Waals surface area contributed by atoms with Gasteiger partial charge >= 0.3 is 5.97 Å². The maximum absolute atomic E-state index is 12.7. The van der Waals surface area contributed by atoms with Crippen molar-refractivity contribution in [1.29, 1.82) is 0 Å². The second-order valence-corrected chi connectivity index (χ2v) is 7.91. The van der Waals surface area contributed by atoms with Crippen molar-refractivity contribution in [2.45, 2.75) is 12.4 Å². The Morgan fingerprint density at radius 2 is 1.71 bits per heavy atom. The summed E-state index contributed by atoms with van der Waals surface area (Å²) in [6.45, 7) is 1.90. The molecule has 8 heteroatoms. The maximum atomic E-state index is 12.7. The van der Waals surface area contributed by atoms with Crippen LogP contribution < -0.4 is 4.90 Å². The van der Waals surface area contributed by atoms with Crippen LogP contribution >= 0.6 is 11.8 Å². The van der Waals surface area contributed by atoms with E-state index >= 15 is 0 Å². The van der Waals surface area contributed by atoms with Crippen LogP contribution in [0.25, 0.3) is 0 Å². The van der Waals surface area contributed by atoms with Gasteiger partial charge in [-0.05, 0) is 31.2 Å². The molecule has 0 bridgehead atoms. The number of rotatable bonds is 6. The van der Waals surface area contributed by atoms with Crippen molar-refractivity contribution in [2.75, 3.05) is 19.1 Å². The van der Waals surface area contributed by atoms with Crippen LogP contribution in [0.15, 0.2) is 82.1 Å². The molecule has 0 fully saturated rings. The van der Waals surface area contributed by atoms with Gasteiger partial charge in [0.2, 0.25) is 0 Å². The molecule has 2 aliphatic rings. The number of hydrazone groups is 1. The second kappa shape index (κ2) is 8.69. The first-order chi connectivity index (χ1) is 15.0. The van der Waals surface area contributed by atoms with Crippen molar-refractivity contribution in [3.8, 4) is 0 Å². The van der Waals surface area contributed by atoms with Crippen molar-refractivity contribution in [3.05, 3.63) is 88.2 Å². The SMILES string of the molecule is CO/C=C(\C(=O)OC)C1=C(C)N2N=CN(c3ccc(C(=O)c4ccccc4)cc3)C2S1. The summed E-state index contributed by atoms with van der Waals surface area (Å²) in [5.41, 5.74) is 3.15. The van der Waals surface area contributed by atoms with Gasteiger partial charge in [-0.25, -0.2) is 9.80 Å². The number of carbonyl (C=O) groups is 2. The molecule has 1 atom stereocenters. The normalized spacial score (nSPS) is 17.8. The Morgan fingerprint density at radius 1 is 1.03 bits per heavy atom. The summed E-state index contributed by atoms with van der Waals surface area (Å²) in [6, 6.07) is 16.6. The topological polar surface area (TPSA) is 71.4 Å². The molecule has 0 saturated carbocycles. The lowest BCUT2D eigenvalue weighted by Gasteiger charge is -2.24. The first-order valence-electron chi connectivity index (χ1n) is 9.56. The van der Waals surface area contributed by atoms with Gasteiger partial charge in [0.15, 0.2) is 11.3 Å². The fraction of sp³-hybridized carbons (Fsp3) is 0.174. The number of ether oxygens (including phenoxy) is 2. The number of esters is 1. The van der Waals surface area contributed by atoms with Crippen LogP contribution in [0.1, 0.15) is 22.8 Å². The summed E-state index contributed by atoms with van der Waals surface area (Å²) in [5.74, 6) is -0.490. The summed E-state index contributed by atoms with van der Waals surface area (Å²) < 4.78 is 9.97. The van der Waals surface area contributed by atoms with Crippen molar-refractivity contribution < 1.29 is 19.1 Å². The van der Waals surface area contributed by atoms with Gasteiger partial charge < -0.3 is 9.47 Å². The Bertz CT molecular complexity index is 1090. The summed E-state index contributed by atoms with van der Waals surface area (Å²) >= 11 is 1.48. The number of anilines is 1. The molecule has 0 amide bonds. The first kappa shape index (κ1) is 20.7. The predicted octanol–water partition coefficient (Wildman–Crippen LogP) is 3.95. The zero-order valence-electron chi connectivity index (χ0n) is 17.3. The summed E-state index contributed by atoms with van der Waals surface area (Å²) in [5, 5.41) is 6.33. The minimum absolute atomic E-state index is 0.0219. The number of hydrogen-bond acceptors (Lipinski definition) is 8. The Balaban J connectivity index is 1.55. The molecule has 0 aromatic heterocycles. The largest absolute Gasteiger partial charge is 0.503 e. The van der Waals surface area contributed by atoms with Crippen molar-refractivity contribution >= 4 is 35.5 Å². The minimum atomic E-state index is -0.468. The number of benzene rings is 2. The van der Waals surface area contributed by atoms with E-state index in [2.05, 4.69) is 5.10 Å². The number of thioether (sulfide) groups is 1. The highest BCUT2D eigenvalue weighted by atomic mass is 32.2. The van der Waals surface area contributed by atoms with E-state index in [4.69, 9.17) is 9.47 Å². The molecule has 0 N–H and O–H groups in total. The van der Waals surface area contributed by atoms with E-state index in [0.717, 1.165) is 16.3 Å². The van der Waals surface area contributed by atoms with E-state index in [0.29, 0.717) is 16.7 Å². The fourth-order valence-corrected chi connectivity index (χ4v) is 4.75. The number of methoxy groups -OCH3 is 2. The molecule has 0 radical (unpaired) electrons. The monoisotopic (exact) mass is 435 g/mol. The van der Waals surface area contributed by atoms with Crippen LogP contribution in [-0.2, 0) is 14.3 Å². The molecule has 0 aliphatic carbocycles. The van der Waals surface area contributed by atoms with Crippen LogP contribution in [0.4, 0.5) is 5.69 Å². The van der Waals surface area contributed by atoms with Crippen LogP contribution in [0.3, 0.4) is 0 Å². The molecular weight excluding hydrogens is 414 g/mol. The van der Waals surface area contributed by atoms with Crippen molar-refractivity contribution in [1.82, 2.24) is 5.01 Å². The molecule has 0 saturated heterocycles. The number of hydrogen-bond donors (Lipinski definition) is 0. The number of fused-ring (bicyclic) bond motifs is 1. The lowest BCUT2D eigenvalue weighted by molar-refractivity contribution is -0.135. The zero-order valence-corrected chi connectivity index (χ0v) is 18.1. The Kier molecular flexibility index (Phi) is 5.81. The molecule has 2 aliphatic heterocycles. The number of ketones is 1. The van der Waals surface area contributed by atoms with Crippen LogP contribution in [0, 0.1) is 0 Å². The third kappa shape index (κ3) is 3.82. The zero-order chi connectivity index (χ0) is 22.0. The third-order valence-electron chi connectivity index (χ3n) is 4.99. The van der Waals surface area contributed by atoms with Gasteiger partial charge in [0.1, 0.15) is 11.9 Å². The van der Waals surface area contributed by atoms with E-state index < -0.39 is 5.97 Å². The lowest BCUT2D eigenvalue weighted by Crippen LogP contribution is -2.33. The third-order valence-corrected chi connectivity index (χ3v) is 6.38. The lowest BCUT2D eigenvalue weighted by atomic mass is 10.0. The van der Waals surface area contributed by atoms with Gasteiger partial charge in [0.05, 0.1) is 26.2 Å². The van der Waals surface area contributed by atoms with E-state index in [1.807, 2.05) is 59.3 Å². The molecule has 1 unspecified atom stereocenters. The highest BCUT2D eigenvalue weighted by molar-refractivity contribution is 8.04. The molecule has 0 spiro atoms. The Hall–Kier alpha value is -3.52. The van der Waals surface area contributed by atoms with Gasteiger partial charge in [-0.15, -0.1) is 0 Å². The molecule has 4 rings (SSSR count). The highest BCUT2D eigenvalue weighted by Crippen LogP contribution is 2.46. The minimum Gasteiger partial charge on any atom is -0.503 e. The Morgan fingerprint density at radius 3 is 2.35 bits per heavy atom. The maximum Gasteiger partial charge on any atom is 0.342 e. The average Bonchev–Trinajstić information content (AvgIpc) is 3.37. The fourth-order valence-electron chi connectivity index (χ4n) is 3.41. The average molecular weight is 436 g/mol. The first-order valence-corrected chi connectivity index (χ1v) is 10.4. The standard InChI is InChI=1S/C23H21N3O4S/c1-15-21(19(13-29-2)22(28)30-3)31-23-25(14-24-26(15)23)18-11-9-17(10-12-18)20(27)16-7-5-4-6-8-16/h4-14,23H,1-3H3/b19-13-. The van der Waals surface area contributed by atoms with Gasteiger partial charge in [-0.3, -0.25) is 9.69 Å². The summed E-state index contributed by atoms with van der Waals surface area (Å²) in [4.78, 5) is 27.6. The molecule has 158 valence electrons. The molecule has 2 heterocycles. The Labute approximate surface area is 184 Å². The molecule has 2 aromatic carbocycles. The molecule has 2 aromatic rings. The van der Waals surface area contributed by atoms with Gasteiger partial charge in [0.25, 0.3) is 0 Å². The summed E-state index contributed by atoms with van der Waals surface area (Å²) in [6.07, 6.45) is 3.13. The second-order valence-electron chi connectivity index (χ2n) is 6.84. The quantitative estimate of drug-likeness (QED) is 0.294. The van der Waals surface area contributed by atoms with Crippen molar-refractivity contribution in [3.63, 3.8) is 0 Å². The molecule has 7 nitrogen and oxygen atoms in total. The van der Waals surface area contributed by atoms with E-state index in [1.165, 1.54) is 32.2 Å². The predicted molar refractivity (Wildman–Crippen MR) is 120 cm³/mol. The number of allylic oxidation sites excluding steroid dienone is 1. The van der Waals surface area contributed by atoms with E-state index in [1.54, 1.807) is 18.5 Å². The highest BCUT2D eigenvalue weighted by Gasteiger charge is 2.41. The van der Waals surface area contributed by atoms with Crippen LogP contribution in [0.2, 0.25) is 0 Å². The number of nitrogens with zero attached hydrogens (tertiary/aromatic N) is 3. The van der Waals surface area contributed by atoms with Gasteiger partial charge in [-0.2, -0.15) is 5.10 Å².